The van der Waals surface area contributed by atoms with Gasteiger partial charge in [0.2, 0.25) is 0 Å². The van der Waals surface area contributed by atoms with Gasteiger partial charge in [-0.15, -0.1) is 0 Å². The van der Waals surface area contributed by atoms with Gasteiger partial charge in [0.05, 0.1) is 0 Å². The molecule has 68 valence electrons. The Kier molecular flexibility index (Phi) is 2.15. The predicted molar refractivity (Wildman–Crippen MR) is 49.9 cm³/mol. The first-order valence-electron chi connectivity index (χ1n) is 4.57. The number of hydrogen-bond donors (Lipinski definition) is 1. The van der Waals surface area contributed by atoms with E-state index in [1.54, 1.807) is 0 Å². The largest absolute Gasteiger partial charge is 0.388 e. The number of Topliss-reactive ketones (excluding diaryl/α,β-unsaturated/α-hetero) is 1. The zero-order chi connectivity index (χ0) is 9.26. The molecular formula is C11H12O2. The van der Waals surface area contributed by atoms with Gasteiger partial charge in [-0.2, -0.15) is 0 Å². The molecule has 0 aromatic heterocycles. The van der Waals surface area contributed by atoms with Gasteiger partial charge in [0.25, 0.3) is 0 Å². The van der Waals surface area contributed by atoms with Crippen LogP contribution in [-0.4, -0.2) is 17.5 Å². The van der Waals surface area contributed by atoms with Crippen molar-refractivity contribution in [3.63, 3.8) is 0 Å². The Morgan fingerprint density at radius 3 is 2.85 bits per heavy atom. The van der Waals surface area contributed by atoms with E-state index < -0.39 is 6.61 Å². The van der Waals surface area contributed by atoms with E-state index in [1.165, 1.54) is 17.5 Å². The van der Waals surface area contributed by atoms with Gasteiger partial charge in [0, 0.05) is 5.56 Å². The van der Waals surface area contributed by atoms with Crippen molar-refractivity contribution in [2.24, 2.45) is 0 Å². The number of benzene rings is 1. The highest BCUT2D eigenvalue weighted by atomic mass is 16.3. The second kappa shape index (κ2) is 3.30. The zero-order valence-electron chi connectivity index (χ0n) is 7.42. The van der Waals surface area contributed by atoms with E-state index in [0.717, 1.165) is 12.8 Å². The van der Waals surface area contributed by atoms with E-state index in [9.17, 15) is 4.79 Å². The molecule has 0 atom stereocenters. The Morgan fingerprint density at radius 2 is 2.08 bits per heavy atom. The third kappa shape index (κ3) is 1.49. The highest BCUT2D eigenvalue weighted by Gasteiger charge is 2.12. The Balaban J connectivity index is 2.36. The lowest BCUT2D eigenvalue weighted by Crippen LogP contribution is -2.04. The fourth-order valence-corrected chi connectivity index (χ4v) is 1.84. The van der Waals surface area contributed by atoms with Crippen LogP contribution in [0.25, 0.3) is 0 Å². The first-order chi connectivity index (χ1) is 6.31. The molecular weight excluding hydrogens is 164 g/mol. The van der Waals surface area contributed by atoms with Gasteiger partial charge >= 0.3 is 0 Å². The van der Waals surface area contributed by atoms with Crippen molar-refractivity contribution < 1.29 is 9.90 Å². The maximum Gasteiger partial charge on any atom is 0.188 e. The van der Waals surface area contributed by atoms with E-state index >= 15 is 0 Å². The molecule has 1 aliphatic carbocycles. The summed E-state index contributed by atoms with van der Waals surface area (Å²) in [7, 11) is 0. The van der Waals surface area contributed by atoms with E-state index in [-0.39, 0.29) is 5.78 Å². The van der Waals surface area contributed by atoms with Crippen molar-refractivity contribution >= 4 is 5.78 Å². The van der Waals surface area contributed by atoms with E-state index in [4.69, 9.17) is 5.11 Å². The van der Waals surface area contributed by atoms with Crippen LogP contribution in [0, 0.1) is 0 Å². The average molecular weight is 176 g/mol. The zero-order valence-corrected chi connectivity index (χ0v) is 7.42. The Hall–Kier alpha value is -1.15. The summed E-state index contributed by atoms with van der Waals surface area (Å²) in [6.45, 7) is -0.390. The molecule has 2 heteroatoms. The van der Waals surface area contributed by atoms with Gasteiger partial charge in [-0.1, -0.05) is 12.1 Å². The van der Waals surface area contributed by atoms with Crippen molar-refractivity contribution in [3.8, 4) is 0 Å². The van der Waals surface area contributed by atoms with Crippen LogP contribution in [0.2, 0.25) is 0 Å². The highest BCUT2D eigenvalue weighted by molar-refractivity contribution is 5.97. The topological polar surface area (TPSA) is 37.3 Å². The normalized spacial score (nSPS) is 14.2. The molecule has 2 nitrogen and oxygen atoms in total. The lowest BCUT2D eigenvalue weighted by Gasteiger charge is -2.01. The second-order valence-corrected chi connectivity index (χ2v) is 3.42. The van der Waals surface area contributed by atoms with Crippen LogP contribution in [0.3, 0.4) is 0 Å². The standard InChI is InChI=1S/C11H12O2/c12-7-11(13)10-5-4-8-2-1-3-9(8)6-10/h4-6,12H,1-3,7H2. The molecule has 0 saturated carbocycles. The van der Waals surface area contributed by atoms with Crippen molar-refractivity contribution in [2.45, 2.75) is 19.3 Å². The van der Waals surface area contributed by atoms with E-state index in [1.807, 2.05) is 18.2 Å². The third-order valence-corrected chi connectivity index (χ3v) is 2.56. The van der Waals surface area contributed by atoms with Gasteiger partial charge in [0.1, 0.15) is 6.61 Å². The first kappa shape index (κ1) is 8.45. The summed E-state index contributed by atoms with van der Waals surface area (Å²) < 4.78 is 0. The van der Waals surface area contributed by atoms with Crippen molar-refractivity contribution in [2.75, 3.05) is 6.61 Å². The molecule has 0 radical (unpaired) electrons. The van der Waals surface area contributed by atoms with Crippen LogP contribution in [-0.2, 0) is 12.8 Å². The van der Waals surface area contributed by atoms with Crippen molar-refractivity contribution in [3.05, 3.63) is 34.9 Å². The minimum absolute atomic E-state index is 0.185. The maximum atomic E-state index is 11.2. The van der Waals surface area contributed by atoms with Gasteiger partial charge in [-0.3, -0.25) is 4.79 Å². The van der Waals surface area contributed by atoms with Crippen LogP contribution in [0.15, 0.2) is 18.2 Å². The van der Waals surface area contributed by atoms with Crippen LogP contribution >= 0.6 is 0 Å². The molecule has 0 fully saturated rings. The van der Waals surface area contributed by atoms with Crippen LogP contribution < -0.4 is 0 Å². The average Bonchev–Trinajstić information content (AvgIpc) is 2.63. The predicted octanol–water partition coefficient (Wildman–Crippen LogP) is 1.35. The summed E-state index contributed by atoms with van der Waals surface area (Å²) in [5, 5.41) is 8.69. The monoisotopic (exact) mass is 176 g/mol. The number of carbonyl (C=O) groups excluding carboxylic acids is 1. The van der Waals surface area contributed by atoms with Crippen LogP contribution in [0.4, 0.5) is 0 Å². The van der Waals surface area contributed by atoms with E-state index in [0.29, 0.717) is 5.56 Å². The number of aryl methyl sites for hydroxylation is 2. The molecule has 2 rings (SSSR count). The fraction of sp³-hybridized carbons (Fsp3) is 0.364. The highest BCUT2D eigenvalue weighted by Crippen LogP contribution is 2.22. The number of aliphatic hydroxyl groups excluding tert-OH is 1. The smallest absolute Gasteiger partial charge is 0.188 e. The molecule has 0 spiro atoms. The maximum absolute atomic E-state index is 11.2. The Bertz CT molecular complexity index is 342. The summed E-state index contributed by atoms with van der Waals surface area (Å²) in [5.74, 6) is -0.185. The fourth-order valence-electron chi connectivity index (χ4n) is 1.84. The van der Waals surface area contributed by atoms with Crippen LogP contribution in [0.1, 0.15) is 27.9 Å². The number of carbonyl (C=O) groups is 1. The number of rotatable bonds is 2. The summed E-state index contributed by atoms with van der Waals surface area (Å²) in [6.07, 6.45) is 3.39. The van der Waals surface area contributed by atoms with Gasteiger partial charge in [0.15, 0.2) is 5.78 Å². The lowest BCUT2D eigenvalue weighted by molar-refractivity contribution is 0.0903. The minimum Gasteiger partial charge on any atom is -0.388 e. The molecule has 13 heavy (non-hydrogen) atoms. The Labute approximate surface area is 77.2 Å². The summed E-state index contributed by atoms with van der Waals surface area (Å²) >= 11 is 0. The molecule has 1 N–H and O–H groups in total. The molecule has 0 saturated heterocycles. The summed E-state index contributed by atoms with van der Waals surface area (Å²) in [4.78, 5) is 11.2. The number of aliphatic hydroxyl groups is 1. The quantitative estimate of drug-likeness (QED) is 0.690. The molecule has 0 bridgehead atoms. The van der Waals surface area contributed by atoms with E-state index in [2.05, 4.69) is 0 Å². The molecule has 0 unspecified atom stereocenters. The van der Waals surface area contributed by atoms with Gasteiger partial charge in [-0.05, 0) is 36.5 Å². The SMILES string of the molecule is O=C(CO)c1ccc2c(c1)CCC2. The number of ketones is 1. The number of hydrogen-bond acceptors (Lipinski definition) is 2. The summed E-state index contributed by atoms with van der Waals surface area (Å²) in [5.41, 5.74) is 3.27. The van der Waals surface area contributed by atoms with Crippen molar-refractivity contribution in [1.82, 2.24) is 0 Å². The third-order valence-electron chi connectivity index (χ3n) is 2.56. The van der Waals surface area contributed by atoms with Gasteiger partial charge < -0.3 is 5.11 Å². The van der Waals surface area contributed by atoms with Crippen molar-refractivity contribution in [1.29, 1.82) is 0 Å². The molecule has 0 aliphatic heterocycles. The Morgan fingerprint density at radius 1 is 1.31 bits per heavy atom. The number of fused-ring (bicyclic) bond motifs is 1. The molecule has 0 heterocycles. The minimum atomic E-state index is -0.390. The second-order valence-electron chi connectivity index (χ2n) is 3.42. The first-order valence-corrected chi connectivity index (χ1v) is 4.57. The lowest BCUT2D eigenvalue weighted by atomic mass is 10.0. The summed E-state index contributed by atoms with van der Waals surface area (Å²) in [6, 6.07) is 5.73. The molecule has 1 aromatic rings. The van der Waals surface area contributed by atoms with Gasteiger partial charge in [-0.25, -0.2) is 0 Å². The molecule has 0 amide bonds. The van der Waals surface area contributed by atoms with Crippen LogP contribution in [0.5, 0.6) is 0 Å². The molecule has 1 aromatic carbocycles. The molecule has 1 aliphatic rings.